The fourth-order valence-corrected chi connectivity index (χ4v) is 3.05. The van der Waals surface area contributed by atoms with Gasteiger partial charge in [-0.2, -0.15) is 0 Å². The van der Waals surface area contributed by atoms with E-state index in [-0.39, 0.29) is 5.78 Å². The Balaban J connectivity index is 1.84. The lowest BCUT2D eigenvalue weighted by atomic mass is 10.2. The summed E-state index contributed by atoms with van der Waals surface area (Å²) in [6.45, 7) is 1.54. The maximum atomic E-state index is 11.6. The first-order valence-electron chi connectivity index (χ1n) is 7.46. The molecule has 3 heterocycles. The molecule has 0 aliphatic heterocycles. The number of Topliss-reactive ketones (excluding diaryl/α,β-unsaturated/α-hetero) is 1. The van der Waals surface area contributed by atoms with Gasteiger partial charge in [-0.25, -0.2) is 14.8 Å². The predicted octanol–water partition coefficient (Wildman–Crippen LogP) is 3.94. The lowest BCUT2D eigenvalue weighted by Crippen LogP contribution is -2.03. The topological polar surface area (TPSA) is 81.2 Å². The highest BCUT2D eigenvalue weighted by Gasteiger charge is 2.09. The lowest BCUT2D eigenvalue weighted by molar-refractivity contribution is 0.0600. The van der Waals surface area contributed by atoms with Crippen molar-refractivity contribution in [1.82, 2.24) is 9.97 Å². The summed E-state index contributed by atoms with van der Waals surface area (Å²) in [5, 5.41) is 3.07. The minimum absolute atomic E-state index is 0.0364. The summed E-state index contributed by atoms with van der Waals surface area (Å²) >= 11 is 1.40. The number of methoxy groups -OCH3 is 1. The normalized spacial score (nSPS) is 10.3. The number of anilines is 2. The van der Waals surface area contributed by atoms with E-state index >= 15 is 0 Å². The number of hydrogen-bond acceptors (Lipinski definition) is 7. The average molecular weight is 353 g/mol. The Morgan fingerprint density at radius 3 is 2.68 bits per heavy atom. The molecule has 0 fully saturated rings. The van der Waals surface area contributed by atoms with Gasteiger partial charge in [0.2, 0.25) is 0 Å². The highest BCUT2D eigenvalue weighted by molar-refractivity contribution is 7.17. The van der Waals surface area contributed by atoms with Crippen LogP contribution in [0.25, 0.3) is 10.6 Å². The molecule has 0 unspecified atom stereocenters. The molecule has 6 nitrogen and oxygen atoms in total. The number of aromatic nitrogens is 2. The molecular formula is C18H15N3O3S. The van der Waals surface area contributed by atoms with Crippen LogP contribution in [0.2, 0.25) is 0 Å². The Kier molecular flexibility index (Phi) is 4.85. The Hall–Kier alpha value is -3.06. The molecule has 3 aromatic rings. The maximum absolute atomic E-state index is 11.6. The van der Waals surface area contributed by atoms with Gasteiger partial charge in [-0.1, -0.05) is 6.07 Å². The smallest absolute Gasteiger partial charge is 0.338 e. The predicted molar refractivity (Wildman–Crippen MR) is 96.4 cm³/mol. The van der Waals surface area contributed by atoms with Gasteiger partial charge in [0.25, 0.3) is 0 Å². The molecule has 0 atom stereocenters. The second-order valence-electron chi connectivity index (χ2n) is 5.17. The SMILES string of the molecule is COC(=O)c1ccnc(Nc2cccc(-c3ccc(C(C)=O)s3)n2)c1. The molecule has 0 saturated heterocycles. The van der Waals surface area contributed by atoms with Crippen LogP contribution in [0, 0.1) is 0 Å². The number of ketones is 1. The molecule has 0 aliphatic carbocycles. The van der Waals surface area contributed by atoms with Crippen LogP contribution in [0.4, 0.5) is 11.6 Å². The summed E-state index contributed by atoms with van der Waals surface area (Å²) in [6.07, 6.45) is 1.52. The van der Waals surface area contributed by atoms with E-state index in [1.165, 1.54) is 24.6 Å². The third kappa shape index (κ3) is 3.89. The number of esters is 1. The third-order valence-corrected chi connectivity index (χ3v) is 4.60. The van der Waals surface area contributed by atoms with E-state index < -0.39 is 5.97 Å². The van der Waals surface area contributed by atoms with E-state index in [0.29, 0.717) is 22.1 Å². The van der Waals surface area contributed by atoms with E-state index in [1.54, 1.807) is 31.2 Å². The third-order valence-electron chi connectivity index (χ3n) is 3.39. The van der Waals surface area contributed by atoms with Crippen LogP contribution in [0.15, 0.2) is 48.7 Å². The molecule has 7 heteroatoms. The van der Waals surface area contributed by atoms with Gasteiger partial charge in [0.05, 0.1) is 28.1 Å². The monoisotopic (exact) mass is 353 g/mol. The van der Waals surface area contributed by atoms with Gasteiger partial charge >= 0.3 is 5.97 Å². The molecule has 0 spiro atoms. The van der Waals surface area contributed by atoms with E-state index in [9.17, 15) is 9.59 Å². The van der Waals surface area contributed by atoms with Crippen LogP contribution in [0.5, 0.6) is 0 Å². The molecule has 3 rings (SSSR count). The summed E-state index contributed by atoms with van der Waals surface area (Å²) in [4.78, 5) is 33.4. The fraction of sp³-hybridized carbons (Fsp3) is 0.111. The highest BCUT2D eigenvalue weighted by atomic mass is 32.1. The number of pyridine rings is 2. The number of ether oxygens (including phenoxy) is 1. The molecule has 25 heavy (non-hydrogen) atoms. The molecule has 0 radical (unpaired) electrons. The number of nitrogens with zero attached hydrogens (tertiary/aromatic N) is 2. The van der Waals surface area contributed by atoms with Crippen molar-refractivity contribution in [2.24, 2.45) is 0 Å². The first-order valence-corrected chi connectivity index (χ1v) is 8.28. The van der Waals surface area contributed by atoms with Gasteiger partial charge in [0.15, 0.2) is 5.78 Å². The number of nitrogens with one attached hydrogen (secondary N) is 1. The van der Waals surface area contributed by atoms with E-state index in [0.717, 1.165) is 10.6 Å². The molecule has 1 N–H and O–H groups in total. The zero-order valence-corrected chi connectivity index (χ0v) is 14.5. The van der Waals surface area contributed by atoms with E-state index in [1.807, 2.05) is 18.2 Å². The van der Waals surface area contributed by atoms with E-state index in [4.69, 9.17) is 4.74 Å². The number of carbonyl (C=O) groups excluding carboxylic acids is 2. The minimum Gasteiger partial charge on any atom is -0.465 e. The zero-order chi connectivity index (χ0) is 17.8. The molecular weight excluding hydrogens is 338 g/mol. The van der Waals surface area contributed by atoms with Crippen molar-refractivity contribution in [1.29, 1.82) is 0 Å². The highest BCUT2D eigenvalue weighted by Crippen LogP contribution is 2.28. The summed E-state index contributed by atoms with van der Waals surface area (Å²) in [7, 11) is 1.33. The molecule has 0 amide bonds. The van der Waals surface area contributed by atoms with Crippen molar-refractivity contribution in [3.63, 3.8) is 0 Å². The number of rotatable bonds is 5. The van der Waals surface area contributed by atoms with Gasteiger partial charge in [0, 0.05) is 6.20 Å². The molecule has 0 saturated carbocycles. The number of carbonyl (C=O) groups is 2. The second-order valence-corrected chi connectivity index (χ2v) is 6.26. The average Bonchev–Trinajstić information content (AvgIpc) is 3.12. The van der Waals surface area contributed by atoms with Crippen molar-refractivity contribution >= 4 is 34.7 Å². The van der Waals surface area contributed by atoms with Crippen molar-refractivity contribution in [3.8, 4) is 10.6 Å². The van der Waals surface area contributed by atoms with Crippen molar-refractivity contribution in [3.05, 3.63) is 59.1 Å². The molecule has 0 aromatic carbocycles. The first kappa shape index (κ1) is 16.8. The zero-order valence-electron chi connectivity index (χ0n) is 13.6. The minimum atomic E-state index is -0.428. The Morgan fingerprint density at radius 1 is 1.12 bits per heavy atom. The summed E-state index contributed by atoms with van der Waals surface area (Å²) in [6, 6.07) is 12.4. The van der Waals surface area contributed by atoms with Crippen molar-refractivity contribution in [2.75, 3.05) is 12.4 Å². The Morgan fingerprint density at radius 2 is 1.96 bits per heavy atom. The Labute approximate surface area is 148 Å². The molecule has 0 bridgehead atoms. The Bertz CT molecular complexity index is 937. The molecule has 126 valence electrons. The molecule has 0 aliphatic rings. The van der Waals surface area contributed by atoms with Crippen LogP contribution in [0.3, 0.4) is 0 Å². The largest absolute Gasteiger partial charge is 0.465 e. The van der Waals surface area contributed by atoms with Gasteiger partial charge in [-0.15, -0.1) is 11.3 Å². The van der Waals surface area contributed by atoms with Crippen molar-refractivity contribution < 1.29 is 14.3 Å². The van der Waals surface area contributed by atoms with Crippen LogP contribution in [-0.2, 0) is 4.74 Å². The van der Waals surface area contributed by atoms with Crippen LogP contribution in [0.1, 0.15) is 27.0 Å². The van der Waals surface area contributed by atoms with Crippen molar-refractivity contribution in [2.45, 2.75) is 6.92 Å². The van der Waals surface area contributed by atoms with Gasteiger partial charge in [0.1, 0.15) is 11.6 Å². The summed E-state index contributed by atoms with van der Waals surface area (Å²) in [5.74, 6) is 0.685. The van der Waals surface area contributed by atoms with Crippen LogP contribution < -0.4 is 5.32 Å². The van der Waals surface area contributed by atoms with Crippen LogP contribution in [-0.4, -0.2) is 28.8 Å². The fourth-order valence-electron chi connectivity index (χ4n) is 2.18. The van der Waals surface area contributed by atoms with Gasteiger partial charge in [-0.05, 0) is 43.3 Å². The maximum Gasteiger partial charge on any atom is 0.338 e. The number of thiophene rings is 1. The van der Waals surface area contributed by atoms with Gasteiger partial charge in [-0.3, -0.25) is 4.79 Å². The van der Waals surface area contributed by atoms with Crippen LogP contribution >= 0.6 is 11.3 Å². The summed E-state index contributed by atoms with van der Waals surface area (Å²) in [5.41, 5.74) is 1.16. The standard InChI is InChI=1S/C18H15N3O3S/c1-11(22)14-6-7-15(25-14)13-4-3-5-16(20-13)21-17-10-12(8-9-19-17)18(23)24-2/h3-10H,1-2H3,(H,19,20,21). The first-order chi connectivity index (χ1) is 12.1. The second kappa shape index (κ2) is 7.23. The number of hydrogen-bond donors (Lipinski definition) is 1. The molecule has 3 aromatic heterocycles. The van der Waals surface area contributed by atoms with Gasteiger partial charge < -0.3 is 10.1 Å². The summed E-state index contributed by atoms with van der Waals surface area (Å²) < 4.78 is 4.70. The quantitative estimate of drug-likeness (QED) is 0.553. The lowest BCUT2D eigenvalue weighted by Gasteiger charge is -2.07. The van der Waals surface area contributed by atoms with E-state index in [2.05, 4.69) is 15.3 Å².